The number of halogens is 2. The molecule has 2 unspecified atom stereocenters. The molecule has 2 aliphatic carbocycles. The van der Waals surface area contributed by atoms with Crippen LogP contribution in [0.1, 0.15) is 57.8 Å². The van der Waals surface area contributed by atoms with Crippen molar-refractivity contribution in [3.63, 3.8) is 0 Å². The summed E-state index contributed by atoms with van der Waals surface area (Å²) in [6, 6.07) is 0. The van der Waals surface area contributed by atoms with Crippen molar-refractivity contribution in [2.75, 3.05) is 0 Å². The van der Waals surface area contributed by atoms with Gasteiger partial charge >= 0.3 is 5.97 Å². The molecule has 2 atom stereocenters. The molecule has 1 N–H and O–H groups in total. The molecular weight excluding hydrogens is 238 g/mol. The average molecular weight is 260 g/mol. The predicted octanol–water partition coefficient (Wildman–Crippen LogP) is 4.09. The number of hydrogen-bond acceptors (Lipinski definition) is 1. The molecule has 2 nitrogen and oxygen atoms in total. The fourth-order valence-electron chi connectivity index (χ4n) is 3.61. The number of hydrogen-bond donors (Lipinski definition) is 1. The van der Waals surface area contributed by atoms with Crippen molar-refractivity contribution in [1.29, 1.82) is 0 Å². The SMILES string of the molecule is O=C(O)C1CC(F)(F)CCC1CC1CCCCC1. The Balaban J connectivity index is 1.95. The van der Waals surface area contributed by atoms with Gasteiger partial charge in [0.2, 0.25) is 5.92 Å². The van der Waals surface area contributed by atoms with Gasteiger partial charge in [-0.15, -0.1) is 0 Å². The van der Waals surface area contributed by atoms with Gasteiger partial charge in [-0.05, 0) is 24.7 Å². The van der Waals surface area contributed by atoms with Crippen molar-refractivity contribution in [2.24, 2.45) is 17.8 Å². The highest BCUT2D eigenvalue weighted by atomic mass is 19.3. The van der Waals surface area contributed by atoms with E-state index >= 15 is 0 Å². The second-order valence-electron chi connectivity index (χ2n) is 6.04. The Morgan fingerprint density at radius 2 is 1.83 bits per heavy atom. The highest BCUT2D eigenvalue weighted by Crippen LogP contribution is 2.44. The van der Waals surface area contributed by atoms with Crippen LogP contribution in [0.25, 0.3) is 0 Å². The Morgan fingerprint density at radius 1 is 1.17 bits per heavy atom. The Bertz CT molecular complexity index is 298. The lowest BCUT2D eigenvalue weighted by molar-refractivity contribution is -0.154. The molecule has 0 aromatic carbocycles. The maximum Gasteiger partial charge on any atom is 0.306 e. The first-order valence-corrected chi connectivity index (χ1v) is 7.08. The fraction of sp³-hybridized carbons (Fsp3) is 0.929. The molecule has 2 rings (SSSR count). The van der Waals surface area contributed by atoms with Crippen LogP contribution in [-0.2, 0) is 4.79 Å². The molecule has 0 aromatic heterocycles. The van der Waals surface area contributed by atoms with Crippen LogP contribution < -0.4 is 0 Å². The number of carboxylic acid groups (broad SMARTS) is 1. The van der Waals surface area contributed by atoms with E-state index in [0.717, 1.165) is 19.3 Å². The van der Waals surface area contributed by atoms with E-state index < -0.39 is 24.2 Å². The highest BCUT2D eigenvalue weighted by Gasteiger charge is 2.44. The Hall–Kier alpha value is -0.670. The predicted molar refractivity (Wildman–Crippen MR) is 64.6 cm³/mol. The average Bonchev–Trinajstić information content (AvgIpc) is 2.32. The van der Waals surface area contributed by atoms with Crippen molar-refractivity contribution in [1.82, 2.24) is 0 Å². The van der Waals surface area contributed by atoms with Gasteiger partial charge in [0.1, 0.15) is 0 Å². The number of alkyl halides is 2. The molecule has 0 radical (unpaired) electrons. The first-order valence-electron chi connectivity index (χ1n) is 7.08. The minimum absolute atomic E-state index is 0.0368. The van der Waals surface area contributed by atoms with E-state index in [2.05, 4.69) is 0 Å². The van der Waals surface area contributed by atoms with Gasteiger partial charge in [-0.2, -0.15) is 0 Å². The minimum Gasteiger partial charge on any atom is -0.481 e. The number of rotatable bonds is 3. The molecule has 4 heteroatoms. The number of carbonyl (C=O) groups is 1. The second kappa shape index (κ2) is 5.54. The molecule has 18 heavy (non-hydrogen) atoms. The van der Waals surface area contributed by atoms with Gasteiger partial charge in [0.25, 0.3) is 0 Å². The maximum absolute atomic E-state index is 13.3. The Kier molecular flexibility index (Phi) is 4.23. The molecule has 0 amide bonds. The smallest absolute Gasteiger partial charge is 0.306 e. The molecule has 2 aliphatic rings. The van der Waals surface area contributed by atoms with Crippen LogP contribution in [0.4, 0.5) is 8.78 Å². The number of carboxylic acids is 1. The molecule has 2 fully saturated rings. The van der Waals surface area contributed by atoms with Crippen LogP contribution in [0.3, 0.4) is 0 Å². The molecule has 0 aromatic rings. The third-order valence-electron chi connectivity index (χ3n) is 4.65. The van der Waals surface area contributed by atoms with E-state index in [1.165, 1.54) is 19.3 Å². The Labute approximate surface area is 107 Å². The van der Waals surface area contributed by atoms with E-state index in [4.69, 9.17) is 5.11 Å². The first kappa shape index (κ1) is 13.8. The minimum atomic E-state index is -2.77. The van der Waals surface area contributed by atoms with E-state index in [-0.39, 0.29) is 12.3 Å². The monoisotopic (exact) mass is 260 g/mol. The largest absolute Gasteiger partial charge is 0.481 e. The summed E-state index contributed by atoms with van der Waals surface area (Å²) in [5, 5.41) is 9.14. The number of aliphatic carboxylic acids is 1. The van der Waals surface area contributed by atoms with Gasteiger partial charge in [0.05, 0.1) is 5.92 Å². The summed E-state index contributed by atoms with van der Waals surface area (Å²) in [6.07, 6.45) is 6.62. The van der Waals surface area contributed by atoms with E-state index in [0.29, 0.717) is 12.3 Å². The van der Waals surface area contributed by atoms with Crippen molar-refractivity contribution >= 4 is 5.97 Å². The van der Waals surface area contributed by atoms with Crippen LogP contribution in [-0.4, -0.2) is 17.0 Å². The van der Waals surface area contributed by atoms with Crippen molar-refractivity contribution < 1.29 is 18.7 Å². The van der Waals surface area contributed by atoms with Gasteiger partial charge in [-0.3, -0.25) is 4.79 Å². The summed E-state index contributed by atoms with van der Waals surface area (Å²) in [7, 11) is 0. The van der Waals surface area contributed by atoms with E-state index in [1.54, 1.807) is 0 Å². The van der Waals surface area contributed by atoms with Gasteiger partial charge in [-0.25, -0.2) is 8.78 Å². The third kappa shape index (κ3) is 3.42. The zero-order chi connectivity index (χ0) is 13.2. The highest BCUT2D eigenvalue weighted by molar-refractivity contribution is 5.70. The Morgan fingerprint density at radius 3 is 2.44 bits per heavy atom. The lowest BCUT2D eigenvalue weighted by atomic mass is 9.71. The third-order valence-corrected chi connectivity index (χ3v) is 4.65. The summed E-state index contributed by atoms with van der Waals surface area (Å²) in [4.78, 5) is 11.2. The van der Waals surface area contributed by atoms with Crippen LogP contribution in [0.5, 0.6) is 0 Å². The summed E-state index contributed by atoms with van der Waals surface area (Å²) < 4.78 is 26.6. The van der Waals surface area contributed by atoms with Crippen molar-refractivity contribution in [3.8, 4) is 0 Å². The topological polar surface area (TPSA) is 37.3 Å². The van der Waals surface area contributed by atoms with Crippen molar-refractivity contribution in [3.05, 3.63) is 0 Å². The zero-order valence-corrected chi connectivity index (χ0v) is 10.7. The van der Waals surface area contributed by atoms with Gasteiger partial charge in [0, 0.05) is 12.8 Å². The summed E-state index contributed by atoms with van der Waals surface area (Å²) in [6.45, 7) is 0. The standard InChI is InChI=1S/C14H22F2O2/c15-14(16)7-6-11(12(9-14)13(17)18)8-10-4-2-1-3-5-10/h10-12H,1-9H2,(H,17,18). The quantitative estimate of drug-likeness (QED) is 0.829. The molecule has 104 valence electrons. The van der Waals surface area contributed by atoms with Crippen LogP contribution in [0.2, 0.25) is 0 Å². The van der Waals surface area contributed by atoms with Crippen LogP contribution in [0.15, 0.2) is 0 Å². The molecular formula is C14H22F2O2. The zero-order valence-electron chi connectivity index (χ0n) is 10.7. The summed E-state index contributed by atoms with van der Waals surface area (Å²) >= 11 is 0. The maximum atomic E-state index is 13.3. The van der Waals surface area contributed by atoms with Crippen LogP contribution >= 0.6 is 0 Å². The van der Waals surface area contributed by atoms with Gasteiger partial charge < -0.3 is 5.11 Å². The lowest BCUT2D eigenvalue weighted by Crippen LogP contribution is -2.37. The molecule has 2 saturated carbocycles. The van der Waals surface area contributed by atoms with E-state index in [9.17, 15) is 13.6 Å². The molecule has 0 aliphatic heterocycles. The van der Waals surface area contributed by atoms with Crippen molar-refractivity contribution in [2.45, 2.75) is 63.7 Å². The van der Waals surface area contributed by atoms with Crippen LogP contribution in [0, 0.1) is 17.8 Å². The van der Waals surface area contributed by atoms with E-state index in [1.807, 2.05) is 0 Å². The first-order chi connectivity index (χ1) is 8.48. The normalized spacial score (nSPS) is 33.2. The molecule has 0 saturated heterocycles. The molecule has 0 heterocycles. The van der Waals surface area contributed by atoms with Gasteiger partial charge in [-0.1, -0.05) is 32.1 Å². The lowest BCUT2D eigenvalue weighted by Gasteiger charge is -2.36. The molecule has 0 bridgehead atoms. The molecule has 0 spiro atoms. The summed E-state index contributed by atoms with van der Waals surface area (Å²) in [5.74, 6) is -4.11. The fourth-order valence-corrected chi connectivity index (χ4v) is 3.61. The second-order valence-corrected chi connectivity index (χ2v) is 6.04. The van der Waals surface area contributed by atoms with Gasteiger partial charge in [0.15, 0.2) is 0 Å². The summed E-state index contributed by atoms with van der Waals surface area (Å²) in [5.41, 5.74) is 0.